The number of Topliss-reactive ketones (excluding diaryl/α,β-unsaturated/α-hetero) is 1. The van der Waals surface area contributed by atoms with Crippen LogP contribution in [0.1, 0.15) is 61.5 Å². The summed E-state index contributed by atoms with van der Waals surface area (Å²) in [5.41, 5.74) is 8.47. The summed E-state index contributed by atoms with van der Waals surface area (Å²) in [6.07, 6.45) is 4.52. The third kappa shape index (κ3) is 13.0. The molecule has 3 rings (SSSR count). The zero-order valence-electron chi connectivity index (χ0n) is 21.8. The highest BCUT2D eigenvalue weighted by molar-refractivity contribution is 5.95. The van der Waals surface area contributed by atoms with Crippen molar-refractivity contribution in [3.63, 3.8) is 0 Å². The van der Waals surface area contributed by atoms with E-state index in [2.05, 4.69) is 61.0 Å². The second-order valence-electron chi connectivity index (χ2n) is 7.83. The van der Waals surface area contributed by atoms with Crippen molar-refractivity contribution in [3.05, 3.63) is 95.6 Å². The Hall–Kier alpha value is -3.57. The number of esters is 1. The summed E-state index contributed by atoms with van der Waals surface area (Å²) in [5, 5.41) is 2.73. The molecule has 0 saturated heterocycles. The summed E-state index contributed by atoms with van der Waals surface area (Å²) in [6.45, 7) is 10.0. The predicted octanol–water partition coefficient (Wildman–Crippen LogP) is 6.43. The third-order valence-corrected chi connectivity index (χ3v) is 4.76. The van der Waals surface area contributed by atoms with Gasteiger partial charge in [-0.15, -0.1) is 0 Å². The van der Waals surface area contributed by atoms with Crippen molar-refractivity contribution in [2.75, 3.05) is 13.7 Å². The van der Waals surface area contributed by atoms with Gasteiger partial charge in [0.05, 0.1) is 7.11 Å². The number of aldehydes is 1. The summed E-state index contributed by atoms with van der Waals surface area (Å²) >= 11 is 0. The zero-order valence-corrected chi connectivity index (χ0v) is 21.8. The van der Waals surface area contributed by atoms with Gasteiger partial charge >= 0.3 is 5.97 Å². The predicted molar refractivity (Wildman–Crippen MR) is 146 cm³/mol. The normalized spacial score (nSPS) is 9.71. The molecule has 0 atom stereocenters. The number of nitrogens with two attached hydrogens (primary N) is 1. The van der Waals surface area contributed by atoms with Gasteiger partial charge in [-0.05, 0) is 61.6 Å². The lowest BCUT2D eigenvalue weighted by atomic mass is 9.96. The summed E-state index contributed by atoms with van der Waals surface area (Å²) in [4.78, 5) is 30.0. The second-order valence-corrected chi connectivity index (χ2v) is 7.83. The minimum Gasteiger partial charge on any atom is -0.466 e. The summed E-state index contributed by atoms with van der Waals surface area (Å²) in [6, 6.07) is 22.7. The van der Waals surface area contributed by atoms with E-state index in [9.17, 15) is 9.59 Å². The van der Waals surface area contributed by atoms with Gasteiger partial charge in [0, 0.05) is 11.6 Å². The van der Waals surface area contributed by atoms with Gasteiger partial charge in [-0.1, -0.05) is 86.7 Å². The Kier molecular flexibility index (Phi) is 16.9. The molecule has 3 aromatic rings. The number of benzene rings is 3. The van der Waals surface area contributed by atoms with Crippen molar-refractivity contribution in [2.45, 2.75) is 47.0 Å². The molecule has 188 valence electrons. The van der Waals surface area contributed by atoms with Gasteiger partial charge in [-0.3, -0.25) is 4.79 Å². The van der Waals surface area contributed by atoms with Gasteiger partial charge in [0.25, 0.3) is 0 Å². The SMILES string of the molecule is CC(=O)c1ccccc1C.CC(C)c1cccc2ccccc12.CC=O.COC(=O)/C=C/CCN. The Labute approximate surface area is 210 Å². The molecule has 0 saturated carbocycles. The summed E-state index contributed by atoms with van der Waals surface area (Å²) in [7, 11) is 1.34. The Bertz CT molecular complexity index is 1070. The van der Waals surface area contributed by atoms with E-state index in [1.54, 1.807) is 13.0 Å². The first-order chi connectivity index (χ1) is 16.7. The topological polar surface area (TPSA) is 86.5 Å². The van der Waals surface area contributed by atoms with Gasteiger partial charge in [-0.25, -0.2) is 4.79 Å². The van der Waals surface area contributed by atoms with Gasteiger partial charge < -0.3 is 15.3 Å². The molecule has 3 aromatic carbocycles. The number of methoxy groups -OCH3 is 1. The number of aryl methyl sites for hydroxylation is 1. The van der Waals surface area contributed by atoms with E-state index in [1.807, 2.05) is 31.2 Å². The molecule has 0 unspecified atom stereocenters. The van der Waals surface area contributed by atoms with Crippen LogP contribution in [-0.2, 0) is 14.3 Å². The first-order valence-corrected chi connectivity index (χ1v) is 11.6. The summed E-state index contributed by atoms with van der Waals surface area (Å²) in [5.74, 6) is 0.410. The van der Waals surface area contributed by atoms with E-state index in [0.29, 0.717) is 12.5 Å². The molecular weight excluding hydrogens is 438 g/mol. The molecule has 2 N–H and O–H groups in total. The molecule has 35 heavy (non-hydrogen) atoms. The van der Waals surface area contributed by atoms with E-state index in [-0.39, 0.29) is 11.8 Å². The van der Waals surface area contributed by atoms with Crippen molar-refractivity contribution in [1.82, 2.24) is 0 Å². The average Bonchev–Trinajstić information content (AvgIpc) is 2.85. The Morgan fingerprint density at radius 2 is 1.54 bits per heavy atom. The highest BCUT2D eigenvalue weighted by Gasteiger charge is 2.02. The molecule has 0 amide bonds. The zero-order chi connectivity index (χ0) is 26.6. The highest BCUT2D eigenvalue weighted by Crippen LogP contribution is 2.24. The minimum atomic E-state index is -0.330. The lowest BCUT2D eigenvalue weighted by Gasteiger charge is -2.08. The van der Waals surface area contributed by atoms with Crippen LogP contribution in [0.5, 0.6) is 0 Å². The fraction of sp³-hybridized carbons (Fsp3) is 0.300. The molecule has 0 aliphatic heterocycles. The van der Waals surface area contributed by atoms with E-state index in [0.717, 1.165) is 23.8 Å². The quantitative estimate of drug-likeness (QED) is 0.198. The van der Waals surface area contributed by atoms with Crippen molar-refractivity contribution in [1.29, 1.82) is 0 Å². The van der Waals surface area contributed by atoms with Crippen molar-refractivity contribution in [2.24, 2.45) is 5.73 Å². The second kappa shape index (κ2) is 18.8. The molecule has 5 nitrogen and oxygen atoms in total. The molecule has 0 aliphatic rings. The fourth-order valence-electron chi connectivity index (χ4n) is 3.07. The molecule has 0 bridgehead atoms. The molecule has 0 aromatic heterocycles. The van der Waals surface area contributed by atoms with Crippen LogP contribution in [0.4, 0.5) is 0 Å². The monoisotopic (exact) mass is 477 g/mol. The number of ether oxygens (including phenoxy) is 1. The van der Waals surface area contributed by atoms with Crippen LogP contribution in [0, 0.1) is 6.92 Å². The lowest BCUT2D eigenvalue weighted by Crippen LogP contribution is -1.97. The van der Waals surface area contributed by atoms with E-state index in [4.69, 9.17) is 10.5 Å². The largest absolute Gasteiger partial charge is 0.466 e. The van der Waals surface area contributed by atoms with Crippen molar-refractivity contribution in [3.8, 4) is 0 Å². The maximum atomic E-state index is 10.9. The molecular formula is C30H39NO4. The van der Waals surface area contributed by atoms with Crippen LogP contribution in [0.2, 0.25) is 0 Å². The third-order valence-electron chi connectivity index (χ3n) is 4.76. The van der Waals surface area contributed by atoms with Crippen molar-refractivity contribution >= 4 is 28.8 Å². The van der Waals surface area contributed by atoms with E-state index >= 15 is 0 Å². The van der Waals surface area contributed by atoms with Crippen LogP contribution >= 0.6 is 0 Å². The molecule has 0 aliphatic carbocycles. The number of carbonyl (C=O) groups excluding carboxylic acids is 3. The van der Waals surface area contributed by atoms with Gasteiger partial charge in [-0.2, -0.15) is 0 Å². The van der Waals surface area contributed by atoms with Crippen molar-refractivity contribution < 1.29 is 19.1 Å². The molecule has 0 radical (unpaired) electrons. The number of rotatable bonds is 5. The maximum absolute atomic E-state index is 10.9. The number of hydrogen-bond acceptors (Lipinski definition) is 5. The van der Waals surface area contributed by atoms with Crippen LogP contribution in [-0.4, -0.2) is 31.7 Å². The number of hydrogen-bond donors (Lipinski definition) is 1. The Morgan fingerprint density at radius 3 is 2.06 bits per heavy atom. The van der Waals surface area contributed by atoms with E-state index in [1.165, 1.54) is 36.4 Å². The lowest BCUT2D eigenvalue weighted by molar-refractivity contribution is -0.134. The Morgan fingerprint density at radius 1 is 0.971 bits per heavy atom. The number of ketones is 1. The first-order valence-electron chi connectivity index (χ1n) is 11.6. The Balaban J connectivity index is 0.000000478. The standard InChI is InChI=1S/C13H14.C9H10O.C6H11NO2.C2H4O/c1-10(2)12-9-5-7-11-6-3-4-8-13(11)12;1-7-5-3-4-6-9(7)8(2)10;1-9-6(8)4-2-3-5-7;1-2-3/h3-10H,1-2H3;3-6H,1-2H3;2,4H,3,5,7H2,1H3;2H,1H3/b;;4-2+;. The maximum Gasteiger partial charge on any atom is 0.330 e. The molecule has 0 heterocycles. The number of carbonyl (C=O) groups is 3. The van der Waals surface area contributed by atoms with Gasteiger partial charge in [0.1, 0.15) is 6.29 Å². The van der Waals surface area contributed by atoms with E-state index < -0.39 is 0 Å². The van der Waals surface area contributed by atoms with Crippen LogP contribution < -0.4 is 5.73 Å². The number of fused-ring (bicyclic) bond motifs is 1. The van der Waals surface area contributed by atoms with Crippen LogP contribution in [0.15, 0.2) is 78.9 Å². The highest BCUT2D eigenvalue weighted by atomic mass is 16.5. The van der Waals surface area contributed by atoms with Crippen LogP contribution in [0.25, 0.3) is 10.8 Å². The first kappa shape index (κ1) is 31.4. The van der Waals surface area contributed by atoms with Crippen LogP contribution in [0.3, 0.4) is 0 Å². The summed E-state index contributed by atoms with van der Waals surface area (Å²) < 4.78 is 4.33. The minimum absolute atomic E-state index is 0.137. The van der Waals surface area contributed by atoms with Gasteiger partial charge in [0.15, 0.2) is 5.78 Å². The molecule has 5 heteroatoms. The molecule has 0 fully saturated rings. The van der Waals surface area contributed by atoms with Gasteiger partial charge in [0.2, 0.25) is 0 Å². The fourth-order valence-corrected chi connectivity index (χ4v) is 3.07. The smallest absolute Gasteiger partial charge is 0.330 e. The molecule has 0 spiro atoms. The average molecular weight is 478 g/mol.